The van der Waals surface area contributed by atoms with Crippen molar-refractivity contribution < 1.29 is 9.53 Å². The molecule has 76 valence electrons. The van der Waals surface area contributed by atoms with Gasteiger partial charge in [0.1, 0.15) is 6.42 Å². The molecule has 0 aromatic heterocycles. The highest BCUT2D eigenvalue weighted by molar-refractivity contribution is 9.08. The van der Waals surface area contributed by atoms with Gasteiger partial charge in [-0.05, 0) is 18.1 Å². The number of carbonyl (C=O) groups excluding carboxylic acids is 1. The number of benzene rings is 1. The van der Waals surface area contributed by atoms with E-state index >= 15 is 0 Å². The van der Waals surface area contributed by atoms with Crippen LogP contribution in [0.4, 0.5) is 0 Å². The van der Waals surface area contributed by atoms with Crippen LogP contribution in [0.15, 0.2) is 24.3 Å². The number of hydrogen-bond acceptors (Lipinski definition) is 1. The van der Waals surface area contributed by atoms with E-state index in [1.807, 2.05) is 31.2 Å². The number of ether oxygens (including phenoxy) is 1. The molecule has 0 radical (unpaired) electrons. The van der Waals surface area contributed by atoms with Gasteiger partial charge in [0.25, 0.3) is 0 Å². The lowest BCUT2D eigenvalue weighted by molar-refractivity contribution is 0.284. The molecule has 1 aromatic rings. The van der Waals surface area contributed by atoms with Crippen molar-refractivity contribution in [3.8, 4) is 0 Å². The lowest BCUT2D eigenvalue weighted by Crippen LogP contribution is -2.08. The maximum Gasteiger partial charge on any atom is 0.487 e. The summed E-state index contributed by atoms with van der Waals surface area (Å²) < 4.78 is 4.98. The summed E-state index contributed by atoms with van der Waals surface area (Å²) in [7, 11) is 0. The Kier molecular flexibility index (Phi) is 4.66. The molecule has 0 heterocycles. The molecular weight excluding hydrogens is 244 g/mol. The van der Waals surface area contributed by atoms with Gasteiger partial charge in [-0.25, -0.2) is 0 Å². The molecule has 0 bridgehead atoms. The largest absolute Gasteiger partial charge is 0.487 e. The van der Waals surface area contributed by atoms with Crippen molar-refractivity contribution in [2.75, 3.05) is 6.61 Å². The zero-order valence-electron chi connectivity index (χ0n) is 8.16. The summed E-state index contributed by atoms with van der Waals surface area (Å²) in [6.07, 6.45) is 0.467. The minimum atomic E-state index is 0.0826. The summed E-state index contributed by atoms with van der Waals surface area (Å²) in [6, 6.07) is 8.03. The number of rotatable bonds is 4. The first-order valence-corrected chi connectivity index (χ1v) is 5.69. The predicted octanol–water partition coefficient (Wildman–Crippen LogP) is 2.66. The van der Waals surface area contributed by atoms with Crippen LogP contribution in [0.1, 0.15) is 18.1 Å². The van der Waals surface area contributed by atoms with Crippen molar-refractivity contribution in [3.05, 3.63) is 35.4 Å². The Hall–Kier alpha value is -0.830. The van der Waals surface area contributed by atoms with Crippen LogP contribution in [0, 0.1) is 0 Å². The third kappa shape index (κ3) is 3.50. The SMILES string of the molecule is CCOC(=[OH+])Cc1cccc(CBr)c1. The maximum absolute atomic E-state index is 9.35. The molecule has 0 aliphatic rings. The van der Waals surface area contributed by atoms with Gasteiger partial charge in [0.05, 0.1) is 0 Å². The summed E-state index contributed by atoms with van der Waals surface area (Å²) in [5, 5.41) is 0.830. The van der Waals surface area contributed by atoms with Crippen LogP contribution in [0.5, 0.6) is 0 Å². The minimum absolute atomic E-state index is 0.0826. The van der Waals surface area contributed by atoms with Gasteiger partial charge in [-0.15, -0.1) is 0 Å². The van der Waals surface area contributed by atoms with Crippen molar-refractivity contribution in [2.45, 2.75) is 18.7 Å². The first kappa shape index (κ1) is 11.2. The molecule has 0 saturated carbocycles. The van der Waals surface area contributed by atoms with Gasteiger partial charge in [0, 0.05) is 5.33 Å². The van der Waals surface area contributed by atoms with Crippen molar-refractivity contribution >= 4 is 21.9 Å². The first-order valence-electron chi connectivity index (χ1n) is 4.57. The van der Waals surface area contributed by atoms with E-state index in [-0.39, 0.29) is 5.97 Å². The van der Waals surface area contributed by atoms with E-state index in [0.717, 1.165) is 10.9 Å². The molecule has 14 heavy (non-hydrogen) atoms. The molecule has 1 aromatic carbocycles. The van der Waals surface area contributed by atoms with Crippen LogP contribution in [-0.4, -0.2) is 17.4 Å². The minimum Gasteiger partial charge on any atom is -0.339 e. The Labute approximate surface area is 92.4 Å². The molecule has 1 N–H and O–H groups in total. The average molecular weight is 258 g/mol. The Balaban J connectivity index is 2.62. The first-order chi connectivity index (χ1) is 6.76. The molecule has 2 nitrogen and oxygen atoms in total. The summed E-state index contributed by atoms with van der Waals surface area (Å²) in [5.41, 5.74) is 2.26. The van der Waals surface area contributed by atoms with E-state index < -0.39 is 0 Å². The van der Waals surface area contributed by atoms with Gasteiger partial charge in [0.15, 0.2) is 6.61 Å². The van der Waals surface area contributed by atoms with E-state index in [4.69, 9.17) is 4.74 Å². The van der Waals surface area contributed by atoms with E-state index in [1.165, 1.54) is 5.56 Å². The van der Waals surface area contributed by atoms with Crippen molar-refractivity contribution in [3.63, 3.8) is 0 Å². The van der Waals surface area contributed by atoms with Crippen LogP contribution in [0.3, 0.4) is 0 Å². The van der Waals surface area contributed by atoms with E-state index in [9.17, 15) is 4.79 Å². The lowest BCUT2D eigenvalue weighted by Gasteiger charge is -1.99. The predicted molar refractivity (Wildman–Crippen MR) is 61.3 cm³/mol. The topological polar surface area (TPSA) is 30.6 Å². The van der Waals surface area contributed by atoms with E-state index in [2.05, 4.69) is 15.9 Å². The summed E-state index contributed by atoms with van der Waals surface area (Å²) in [6.45, 7) is 2.36. The molecule has 0 aliphatic carbocycles. The van der Waals surface area contributed by atoms with E-state index in [0.29, 0.717) is 13.0 Å². The smallest absolute Gasteiger partial charge is 0.339 e. The Morgan fingerprint density at radius 1 is 1.43 bits per heavy atom. The Morgan fingerprint density at radius 3 is 2.79 bits per heavy atom. The van der Waals surface area contributed by atoms with Crippen LogP contribution >= 0.6 is 15.9 Å². The number of halogens is 1. The van der Waals surface area contributed by atoms with Gasteiger partial charge in [-0.2, -0.15) is 0 Å². The summed E-state index contributed by atoms with van der Waals surface area (Å²) in [4.78, 5) is 9.35. The third-order valence-electron chi connectivity index (χ3n) is 1.81. The second-order valence-electron chi connectivity index (χ2n) is 2.96. The molecular formula is C11H14BrO2+. The quantitative estimate of drug-likeness (QED) is 0.464. The molecule has 0 atom stereocenters. The second-order valence-corrected chi connectivity index (χ2v) is 3.52. The van der Waals surface area contributed by atoms with Gasteiger partial charge in [0.2, 0.25) is 0 Å². The molecule has 1 rings (SSSR count). The standard InChI is InChI=1S/C11H13BrO2/c1-2-14-11(13)7-9-4-3-5-10(6-9)8-12/h3-6H,2,7-8H2,1H3/p+1. The zero-order chi connectivity index (χ0) is 10.4. The Morgan fingerprint density at radius 2 is 2.14 bits per heavy atom. The van der Waals surface area contributed by atoms with Gasteiger partial charge >= 0.3 is 5.97 Å². The normalized spacial score (nSPS) is 9.86. The fourth-order valence-electron chi connectivity index (χ4n) is 1.22. The number of esters is 1. The zero-order valence-corrected chi connectivity index (χ0v) is 9.75. The van der Waals surface area contributed by atoms with Crippen molar-refractivity contribution in [1.82, 2.24) is 0 Å². The molecule has 3 heteroatoms. The summed E-state index contributed by atoms with van der Waals surface area (Å²) >= 11 is 3.39. The molecule has 0 amide bonds. The van der Waals surface area contributed by atoms with Crippen LogP contribution in [-0.2, 0) is 16.5 Å². The Bertz CT molecular complexity index is 310. The van der Waals surface area contributed by atoms with Gasteiger partial charge in [-0.3, -0.25) is 0 Å². The van der Waals surface area contributed by atoms with Gasteiger partial charge in [-0.1, -0.05) is 40.2 Å². The third-order valence-corrected chi connectivity index (χ3v) is 2.46. The lowest BCUT2D eigenvalue weighted by atomic mass is 10.1. The van der Waals surface area contributed by atoms with Crippen LogP contribution in [0.2, 0.25) is 0 Å². The van der Waals surface area contributed by atoms with Crippen LogP contribution in [0.25, 0.3) is 0 Å². The number of alkyl halides is 1. The maximum atomic E-state index is 9.35. The monoisotopic (exact) mass is 257 g/mol. The highest BCUT2D eigenvalue weighted by atomic mass is 79.9. The van der Waals surface area contributed by atoms with E-state index in [1.54, 1.807) is 0 Å². The highest BCUT2D eigenvalue weighted by Gasteiger charge is 2.11. The fourth-order valence-corrected chi connectivity index (χ4v) is 1.56. The number of hydrogen-bond donors (Lipinski definition) is 0. The van der Waals surface area contributed by atoms with Gasteiger partial charge < -0.3 is 9.53 Å². The summed E-state index contributed by atoms with van der Waals surface area (Å²) in [5.74, 6) is 0.0826. The fraction of sp³-hybridized carbons (Fsp3) is 0.364. The van der Waals surface area contributed by atoms with Crippen molar-refractivity contribution in [1.29, 1.82) is 0 Å². The average Bonchev–Trinajstić information content (AvgIpc) is 2.18. The molecule has 0 unspecified atom stereocenters. The molecule has 0 spiro atoms. The second kappa shape index (κ2) is 5.81. The van der Waals surface area contributed by atoms with Crippen LogP contribution < -0.4 is 0 Å². The highest BCUT2D eigenvalue weighted by Crippen LogP contribution is 2.09. The molecule has 0 saturated heterocycles. The van der Waals surface area contributed by atoms with Crippen molar-refractivity contribution in [2.24, 2.45) is 0 Å². The molecule has 0 fully saturated rings. The molecule has 0 aliphatic heterocycles.